The number of rotatable bonds is 0. The summed E-state index contributed by atoms with van der Waals surface area (Å²) >= 11 is 0. The van der Waals surface area contributed by atoms with Gasteiger partial charge in [-0.3, -0.25) is 0 Å². The van der Waals surface area contributed by atoms with Crippen molar-refractivity contribution >= 4 is 0 Å². The SMILES string of the molecule is C/C=C1\CCCC2CCCC=C12. The van der Waals surface area contributed by atoms with E-state index in [1.54, 1.807) is 11.1 Å². The molecule has 0 nitrogen and oxygen atoms in total. The largest absolute Gasteiger partial charge is 0.0842 e. The van der Waals surface area contributed by atoms with Gasteiger partial charge in [0.1, 0.15) is 0 Å². The zero-order chi connectivity index (χ0) is 8.39. The molecule has 0 bridgehead atoms. The summed E-state index contributed by atoms with van der Waals surface area (Å²) in [5.41, 5.74) is 3.35. The molecule has 1 saturated carbocycles. The first kappa shape index (κ1) is 8.10. The summed E-state index contributed by atoms with van der Waals surface area (Å²) in [5, 5.41) is 0. The van der Waals surface area contributed by atoms with Crippen molar-refractivity contribution in [3.8, 4) is 0 Å². The van der Waals surface area contributed by atoms with Crippen LogP contribution in [-0.2, 0) is 0 Å². The molecule has 0 aliphatic heterocycles. The van der Waals surface area contributed by atoms with E-state index in [0.29, 0.717) is 0 Å². The second-order valence-electron chi connectivity index (χ2n) is 3.99. The standard InChI is InChI=1S/C12H18/c1-2-10-7-5-8-11-6-3-4-9-12(10)11/h2,9,11H,3-8H2,1H3/b10-2+. The second-order valence-corrected chi connectivity index (χ2v) is 3.99. The summed E-state index contributed by atoms with van der Waals surface area (Å²) in [5.74, 6) is 0.929. The van der Waals surface area contributed by atoms with Gasteiger partial charge < -0.3 is 0 Å². The van der Waals surface area contributed by atoms with E-state index >= 15 is 0 Å². The van der Waals surface area contributed by atoms with Gasteiger partial charge in [-0.15, -0.1) is 0 Å². The summed E-state index contributed by atoms with van der Waals surface area (Å²) < 4.78 is 0. The van der Waals surface area contributed by atoms with Gasteiger partial charge in [-0.2, -0.15) is 0 Å². The van der Waals surface area contributed by atoms with Gasteiger partial charge in [0, 0.05) is 0 Å². The highest BCUT2D eigenvalue weighted by molar-refractivity contribution is 5.35. The van der Waals surface area contributed by atoms with E-state index in [1.807, 2.05) is 0 Å². The molecule has 1 unspecified atom stereocenters. The third kappa shape index (κ3) is 1.35. The van der Waals surface area contributed by atoms with E-state index in [-0.39, 0.29) is 0 Å². The Labute approximate surface area is 75.4 Å². The van der Waals surface area contributed by atoms with Crippen LogP contribution < -0.4 is 0 Å². The zero-order valence-corrected chi connectivity index (χ0v) is 7.97. The summed E-state index contributed by atoms with van der Waals surface area (Å²) in [6.07, 6.45) is 13.2. The van der Waals surface area contributed by atoms with Crippen LogP contribution in [0.5, 0.6) is 0 Å². The maximum Gasteiger partial charge on any atom is -0.0162 e. The van der Waals surface area contributed by atoms with E-state index in [9.17, 15) is 0 Å². The first-order valence-electron chi connectivity index (χ1n) is 5.27. The molecule has 1 fully saturated rings. The summed E-state index contributed by atoms with van der Waals surface area (Å²) in [6, 6.07) is 0. The highest BCUT2D eigenvalue weighted by Crippen LogP contribution is 2.39. The molecule has 66 valence electrons. The van der Waals surface area contributed by atoms with E-state index in [4.69, 9.17) is 0 Å². The molecular weight excluding hydrogens is 144 g/mol. The van der Waals surface area contributed by atoms with Crippen LogP contribution in [0.1, 0.15) is 45.4 Å². The van der Waals surface area contributed by atoms with Gasteiger partial charge in [-0.25, -0.2) is 0 Å². The number of fused-ring (bicyclic) bond motifs is 1. The molecule has 2 rings (SSSR count). The molecule has 0 heterocycles. The lowest BCUT2D eigenvalue weighted by Gasteiger charge is -2.30. The molecule has 0 spiro atoms. The minimum atomic E-state index is 0.929. The Bertz CT molecular complexity index is 220. The summed E-state index contributed by atoms with van der Waals surface area (Å²) in [6.45, 7) is 2.19. The Balaban J connectivity index is 2.24. The van der Waals surface area contributed by atoms with Crippen LogP contribution in [0.15, 0.2) is 23.3 Å². The fraction of sp³-hybridized carbons (Fsp3) is 0.667. The van der Waals surface area contributed by atoms with Crippen molar-refractivity contribution in [3.05, 3.63) is 23.3 Å². The van der Waals surface area contributed by atoms with Gasteiger partial charge in [0.05, 0.1) is 0 Å². The van der Waals surface area contributed by atoms with E-state index in [2.05, 4.69) is 19.1 Å². The van der Waals surface area contributed by atoms with Crippen LogP contribution in [0.2, 0.25) is 0 Å². The van der Waals surface area contributed by atoms with Crippen LogP contribution >= 0.6 is 0 Å². The van der Waals surface area contributed by atoms with E-state index < -0.39 is 0 Å². The van der Waals surface area contributed by atoms with Crippen molar-refractivity contribution in [1.82, 2.24) is 0 Å². The van der Waals surface area contributed by atoms with Crippen LogP contribution in [0.4, 0.5) is 0 Å². The van der Waals surface area contributed by atoms with Crippen LogP contribution in [0.3, 0.4) is 0 Å². The molecule has 0 radical (unpaired) electrons. The molecule has 1 atom stereocenters. The Morgan fingerprint density at radius 1 is 1.33 bits per heavy atom. The number of hydrogen-bond acceptors (Lipinski definition) is 0. The van der Waals surface area contributed by atoms with Crippen molar-refractivity contribution in [2.75, 3.05) is 0 Å². The molecule has 0 heteroatoms. The molecular formula is C12H18. The fourth-order valence-corrected chi connectivity index (χ4v) is 2.63. The quantitative estimate of drug-likeness (QED) is 0.507. The molecule has 2 aliphatic rings. The van der Waals surface area contributed by atoms with Gasteiger partial charge >= 0.3 is 0 Å². The molecule has 12 heavy (non-hydrogen) atoms. The van der Waals surface area contributed by atoms with Crippen molar-refractivity contribution in [1.29, 1.82) is 0 Å². The average molecular weight is 162 g/mol. The lowest BCUT2D eigenvalue weighted by atomic mass is 9.75. The predicted molar refractivity (Wildman–Crippen MR) is 53.0 cm³/mol. The average Bonchev–Trinajstić information content (AvgIpc) is 2.17. The fourth-order valence-electron chi connectivity index (χ4n) is 2.63. The topological polar surface area (TPSA) is 0 Å². The Morgan fingerprint density at radius 3 is 3.00 bits per heavy atom. The maximum absolute atomic E-state index is 2.49. The van der Waals surface area contributed by atoms with Gasteiger partial charge in [-0.05, 0) is 62.5 Å². The molecule has 0 saturated heterocycles. The van der Waals surface area contributed by atoms with Crippen molar-refractivity contribution in [2.45, 2.75) is 45.4 Å². The predicted octanol–water partition coefficient (Wildman–Crippen LogP) is 3.84. The first-order chi connectivity index (χ1) is 5.92. The third-order valence-corrected chi connectivity index (χ3v) is 3.28. The van der Waals surface area contributed by atoms with Gasteiger partial charge in [0.2, 0.25) is 0 Å². The zero-order valence-electron chi connectivity index (χ0n) is 7.97. The van der Waals surface area contributed by atoms with E-state index in [0.717, 1.165) is 5.92 Å². The van der Waals surface area contributed by atoms with Gasteiger partial charge in [-0.1, -0.05) is 12.2 Å². The lowest BCUT2D eigenvalue weighted by Crippen LogP contribution is -2.15. The second kappa shape index (κ2) is 3.47. The molecule has 2 aliphatic carbocycles. The summed E-state index contributed by atoms with van der Waals surface area (Å²) in [4.78, 5) is 0. The number of hydrogen-bond donors (Lipinski definition) is 0. The maximum atomic E-state index is 2.49. The highest BCUT2D eigenvalue weighted by atomic mass is 14.3. The van der Waals surface area contributed by atoms with Crippen molar-refractivity contribution in [3.63, 3.8) is 0 Å². The lowest BCUT2D eigenvalue weighted by molar-refractivity contribution is 0.439. The highest BCUT2D eigenvalue weighted by Gasteiger charge is 2.23. The first-order valence-corrected chi connectivity index (χ1v) is 5.27. The molecule has 0 aromatic carbocycles. The Kier molecular flexibility index (Phi) is 2.34. The third-order valence-electron chi connectivity index (χ3n) is 3.28. The summed E-state index contributed by atoms with van der Waals surface area (Å²) in [7, 11) is 0. The van der Waals surface area contributed by atoms with Crippen molar-refractivity contribution < 1.29 is 0 Å². The smallest absolute Gasteiger partial charge is 0.0162 e. The Morgan fingerprint density at radius 2 is 2.17 bits per heavy atom. The van der Waals surface area contributed by atoms with Crippen molar-refractivity contribution in [2.24, 2.45) is 5.92 Å². The van der Waals surface area contributed by atoms with Crippen LogP contribution in [0, 0.1) is 5.92 Å². The number of allylic oxidation sites excluding steroid dienone is 4. The molecule has 0 amide bonds. The van der Waals surface area contributed by atoms with E-state index in [1.165, 1.54) is 38.5 Å². The minimum Gasteiger partial charge on any atom is -0.0842 e. The molecule has 0 aromatic heterocycles. The normalized spacial score (nSPS) is 32.9. The van der Waals surface area contributed by atoms with Crippen LogP contribution in [-0.4, -0.2) is 0 Å². The van der Waals surface area contributed by atoms with Gasteiger partial charge in [0.15, 0.2) is 0 Å². The van der Waals surface area contributed by atoms with Crippen LogP contribution in [0.25, 0.3) is 0 Å². The molecule has 0 N–H and O–H groups in total. The Hall–Kier alpha value is -0.520. The minimum absolute atomic E-state index is 0.929. The van der Waals surface area contributed by atoms with Gasteiger partial charge in [0.25, 0.3) is 0 Å². The molecule has 0 aromatic rings. The monoisotopic (exact) mass is 162 g/mol.